The van der Waals surface area contributed by atoms with Gasteiger partial charge in [-0.3, -0.25) is 9.59 Å². The summed E-state index contributed by atoms with van der Waals surface area (Å²) in [6.07, 6.45) is 0.0694. The fourth-order valence-corrected chi connectivity index (χ4v) is 3.13. The van der Waals surface area contributed by atoms with Crippen LogP contribution >= 0.6 is 11.8 Å². The molecule has 3 N–H and O–H groups in total. The summed E-state index contributed by atoms with van der Waals surface area (Å²) < 4.78 is 0. The van der Waals surface area contributed by atoms with Crippen LogP contribution in [0.5, 0.6) is 5.75 Å². The molecule has 0 aromatic heterocycles. The number of amides is 2. The van der Waals surface area contributed by atoms with Crippen molar-refractivity contribution in [1.82, 2.24) is 5.32 Å². The Bertz CT molecular complexity index is 775. The molecule has 0 saturated carbocycles. The Labute approximate surface area is 143 Å². The number of amidine groups is 1. The van der Waals surface area contributed by atoms with Crippen LogP contribution in [-0.2, 0) is 9.59 Å². The molecule has 122 valence electrons. The third-order valence-corrected chi connectivity index (χ3v) is 4.37. The van der Waals surface area contributed by atoms with E-state index in [0.29, 0.717) is 16.5 Å². The molecule has 1 aliphatic heterocycles. The van der Waals surface area contributed by atoms with Gasteiger partial charge in [-0.1, -0.05) is 30.0 Å². The molecular weight excluding hydrogens is 326 g/mol. The summed E-state index contributed by atoms with van der Waals surface area (Å²) in [6, 6.07) is 15.4. The van der Waals surface area contributed by atoms with Gasteiger partial charge in [-0.2, -0.15) is 0 Å². The molecule has 7 heteroatoms. The Hall–Kier alpha value is -2.80. The van der Waals surface area contributed by atoms with Gasteiger partial charge in [-0.05, 0) is 36.4 Å². The number of carbonyl (C=O) groups excluding carboxylic acids is 2. The van der Waals surface area contributed by atoms with Gasteiger partial charge in [0.15, 0.2) is 5.17 Å². The third kappa shape index (κ3) is 4.14. The standard InChI is InChI=1S/C17H15N3O3S/c21-13-8-6-12(7-9-13)19-17-20-16(23)14(24-17)10-15(22)18-11-4-2-1-3-5-11/h1-9,14,21H,10H2,(H,18,22)(H,19,20,23)/t14-/m0/s1. The smallest absolute Gasteiger partial charge is 0.240 e. The number of para-hydroxylation sites is 1. The summed E-state index contributed by atoms with van der Waals surface area (Å²) in [5, 5.41) is 14.6. The number of anilines is 1. The van der Waals surface area contributed by atoms with Gasteiger partial charge in [0.1, 0.15) is 11.0 Å². The van der Waals surface area contributed by atoms with Gasteiger partial charge in [0, 0.05) is 12.1 Å². The van der Waals surface area contributed by atoms with Gasteiger partial charge in [0.05, 0.1) is 5.69 Å². The van der Waals surface area contributed by atoms with E-state index < -0.39 is 5.25 Å². The molecular formula is C17H15N3O3S. The first-order valence-electron chi connectivity index (χ1n) is 7.30. The maximum atomic E-state index is 12.0. The number of aromatic hydroxyl groups is 1. The number of phenolic OH excluding ortho intramolecular Hbond substituents is 1. The molecule has 1 atom stereocenters. The number of aliphatic imine (C=N–C) groups is 1. The lowest BCUT2D eigenvalue weighted by Gasteiger charge is -2.07. The van der Waals surface area contributed by atoms with Gasteiger partial charge in [-0.25, -0.2) is 4.99 Å². The number of rotatable bonds is 4. The van der Waals surface area contributed by atoms with Gasteiger partial charge in [-0.15, -0.1) is 0 Å². The largest absolute Gasteiger partial charge is 0.508 e. The van der Waals surface area contributed by atoms with Crippen molar-refractivity contribution in [1.29, 1.82) is 0 Å². The van der Waals surface area contributed by atoms with Gasteiger partial charge in [0.2, 0.25) is 11.8 Å². The van der Waals surface area contributed by atoms with Crippen LogP contribution in [-0.4, -0.2) is 27.3 Å². The van der Waals surface area contributed by atoms with Crippen LogP contribution in [0, 0.1) is 0 Å². The summed E-state index contributed by atoms with van der Waals surface area (Å²) in [4.78, 5) is 28.3. The van der Waals surface area contributed by atoms with E-state index in [1.807, 2.05) is 18.2 Å². The highest BCUT2D eigenvalue weighted by Gasteiger charge is 2.32. The maximum Gasteiger partial charge on any atom is 0.240 e. The summed E-state index contributed by atoms with van der Waals surface area (Å²) in [6.45, 7) is 0. The van der Waals surface area contributed by atoms with Crippen molar-refractivity contribution < 1.29 is 14.7 Å². The summed E-state index contributed by atoms with van der Waals surface area (Å²) >= 11 is 1.22. The van der Waals surface area contributed by atoms with Crippen molar-refractivity contribution in [2.75, 3.05) is 5.32 Å². The SMILES string of the molecule is O=C(C[C@@H]1SC(=Nc2ccc(O)cc2)NC1=O)Nc1ccccc1. The lowest BCUT2D eigenvalue weighted by atomic mass is 10.2. The maximum absolute atomic E-state index is 12.0. The van der Waals surface area contributed by atoms with Crippen LogP contribution < -0.4 is 10.6 Å². The minimum absolute atomic E-state index is 0.0694. The zero-order valence-corrected chi connectivity index (χ0v) is 13.4. The van der Waals surface area contributed by atoms with Crippen LogP contribution in [0.2, 0.25) is 0 Å². The number of nitrogens with zero attached hydrogens (tertiary/aromatic N) is 1. The van der Waals surface area contributed by atoms with E-state index in [0.717, 1.165) is 0 Å². The highest BCUT2D eigenvalue weighted by Crippen LogP contribution is 2.26. The fourth-order valence-electron chi connectivity index (χ4n) is 2.14. The molecule has 0 aliphatic carbocycles. The van der Waals surface area contributed by atoms with E-state index in [1.165, 1.54) is 23.9 Å². The van der Waals surface area contributed by atoms with Crippen molar-refractivity contribution in [2.45, 2.75) is 11.7 Å². The average Bonchev–Trinajstić information content (AvgIpc) is 2.90. The first-order valence-corrected chi connectivity index (χ1v) is 8.18. The van der Waals surface area contributed by atoms with E-state index >= 15 is 0 Å². The fraction of sp³-hybridized carbons (Fsp3) is 0.118. The van der Waals surface area contributed by atoms with Gasteiger partial charge >= 0.3 is 0 Å². The minimum Gasteiger partial charge on any atom is -0.508 e. The molecule has 2 aromatic carbocycles. The Morgan fingerprint density at radius 1 is 1.17 bits per heavy atom. The molecule has 3 rings (SSSR count). The zero-order chi connectivity index (χ0) is 16.9. The van der Waals surface area contributed by atoms with E-state index in [1.54, 1.807) is 24.3 Å². The Balaban J connectivity index is 1.60. The van der Waals surface area contributed by atoms with Crippen molar-refractivity contribution in [2.24, 2.45) is 4.99 Å². The van der Waals surface area contributed by atoms with Crippen LogP contribution in [0.4, 0.5) is 11.4 Å². The second-order valence-corrected chi connectivity index (χ2v) is 6.34. The number of nitrogens with one attached hydrogen (secondary N) is 2. The topological polar surface area (TPSA) is 90.8 Å². The number of carbonyl (C=O) groups is 2. The highest BCUT2D eigenvalue weighted by molar-refractivity contribution is 8.15. The lowest BCUT2D eigenvalue weighted by molar-refractivity contribution is -0.122. The molecule has 2 amide bonds. The third-order valence-electron chi connectivity index (χ3n) is 3.29. The van der Waals surface area contributed by atoms with Crippen LogP contribution in [0.15, 0.2) is 59.6 Å². The molecule has 6 nitrogen and oxygen atoms in total. The molecule has 0 spiro atoms. The second kappa shape index (κ2) is 7.18. The molecule has 1 saturated heterocycles. The normalized spacial score (nSPS) is 18.4. The number of hydrogen-bond acceptors (Lipinski definition) is 5. The van der Waals surface area contributed by atoms with Crippen LogP contribution in [0.25, 0.3) is 0 Å². The predicted molar refractivity (Wildman–Crippen MR) is 94.4 cm³/mol. The zero-order valence-electron chi connectivity index (χ0n) is 12.6. The van der Waals surface area contributed by atoms with Crippen molar-refractivity contribution in [3.05, 3.63) is 54.6 Å². The quantitative estimate of drug-likeness (QED) is 0.797. The molecule has 2 aromatic rings. The Morgan fingerprint density at radius 3 is 2.58 bits per heavy atom. The first-order chi connectivity index (χ1) is 11.6. The van der Waals surface area contributed by atoms with E-state index in [9.17, 15) is 14.7 Å². The number of thioether (sulfide) groups is 1. The lowest BCUT2D eigenvalue weighted by Crippen LogP contribution is -2.28. The van der Waals surface area contributed by atoms with Crippen LogP contribution in [0.1, 0.15) is 6.42 Å². The number of benzene rings is 2. The van der Waals surface area contributed by atoms with Gasteiger partial charge in [0.25, 0.3) is 0 Å². The number of phenols is 1. The monoisotopic (exact) mass is 341 g/mol. The highest BCUT2D eigenvalue weighted by atomic mass is 32.2. The van der Waals surface area contributed by atoms with Crippen LogP contribution in [0.3, 0.4) is 0 Å². The minimum atomic E-state index is -0.510. The molecule has 1 fully saturated rings. The van der Waals surface area contributed by atoms with E-state index in [-0.39, 0.29) is 24.0 Å². The van der Waals surface area contributed by atoms with E-state index in [4.69, 9.17) is 0 Å². The average molecular weight is 341 g/mol. The Morgan fingerprint density at radius 2 is 1.88 bits per heavy atom. The van der Waals surface area contributed by atoms with E-state index in [2.05, 4.69) is 15.6 Å². The second-order valence-electron chi connectivity index (χ2n) is 5.15. The molecule has 1 heterocycles. The summed E-state index contributed by atoms with van der Waals surface area (Å²) in [5.41, 5.74) is 1.31. The van der Waals surface area contributed by atoms with Gasteiger partial charge < -0.3 is 15.7 Å². The molecule has 24 heavy (non-hydrogen) atoms. The summed E-state index contributed by atoms with van der Waals surface area (Å²) in [7, 11) is 0. The molecule has 1 aliphatic rings. The van der Waals surface area contributed by atoms with Crippen molar-refractivity contribution in [3.63, 3.8) is 0 Å². The van der Waals surface area contributed by atoms with Crippen molar-refractivity contribution >= 4 is 40.1 Å². The van der Waals surface area contributed by atoms with Crippen molar-refractivity contribution in [3.8, 4) is 5.75 Å². The molecule has 0 bridgehead atoms. The molecule has 0 unspecified atom stereocenters. The number of hydrogen-bond donors (Lipinski definition) is 3. The first kappa shape index (κ1) is 16.1. The molecule has 0 radical (unpaired) electrons. The predicted octanol–water partition coefficient (Wildman–Crippen LogP) is 2.64. The summed E-state index contributed by atoms with van der Waals surface area (Å²) in [5.74, 6) is -0.307. The Kier molecular flexibility index (Phi) is 4.81.